The Kier molecular flexibility index (Phi) is 4.22. The van der Waals surface area contributed by atoms with Gasteiger partial charge in [0.2, 0.25) is 0 Å². The third-order valence-electron chi connectivity index (χ3n) is 2.35. The summed E-state index contributed by atoms with van der Waals surface area (Å²) in [6.45, 7) is 7.90. The Morgan fingerprint density at radius 2 is 2.27 bits per heavy atom. The van der Waals surface area contributed by atoms with Crippen LogP contribution in [0.15, 0.2) is 30.9 Å². The van der Waals surface area contributed by atoms with Crippen LogP contribution in [0.4, 0.5) is 5.69 Å². The van der Waals surface area contributed by atoms with Crippen LogP contribution in [0, 0.1) is 0 Å². The summed E-state index contributed by atoms with van der Waals surface area (Å²) in [6.07, 6.45) is 3.88. The fourth-order valence-corrected chi connectivity index (χ4v) is 1.33. The molecule has 0 aliphatic carbocycles. The smallest absolute Gasteiger partial charge is 0.123 e. The first-order chi connectivity index (χ1) is 7.17. The van der Waals surface area contributed by atoms with E-state index < -0.39 is 0 Å². The first-order valence-corrected chi connectivity index (χ1v) is 5.33. The minimum absolute atomic E-state index is 0.234. The molecule has 15 heavy (non-hydrogen) atoms. The van der Waals surface area contributed by atoms with Gasteiger partial charge in [0.15, 0.2) is 0 Å². The molecule has 0 radical (unpaired) electrons. The Hall–Kier alpha value is -1.44. The molecule has 2 heteroatoms. The number of nitrogens with two attached hydrogens (primary N) is 1. The van der Waals surface area contributed by atoms with Gasteiger partial charge in [0.25, 0.3) is 0 Å². The predicted molar refractivity (Wildman–Crippen MR) is 65.1 cm³/mol. The fraction of sp³-hybridized carbons (Fsp3) is 0.385. The number of nitrogen functional groups attached to an aromatic ring is 1. The number of hydrogen-bond acceptors (Lipinski definition) is 2. The van der Waals surface area contributed by atoms with Crippen LogP contribution in [0.25, 0.3) is 0 Å². The average Bonchev–Trinajstić information content (AvgIpc) is 2.22. The molecule has 82 valence electrons. The quantitative estimate of drug-likeness (QED) is 0.592. The first kappa shape index (κ1) is 11.6. The van der Waals surface area contributed by atoms with Crippen molar-refractivity contribution < 1.29 is 4.74 Å². The maximum absolute atomic E-state index is 5.80. The number of benzene rings is 1. The predicted octanol–water partition coefficient (Wildman–Crippen LogP) is 3.17. The molecule has 1 rings (SSSR count). The van der Waals surface area contributed by atoms with Gasteiger partial charge in [0.05, 0.1) is 6.10 Å². The van der Waals surface area contributed by atoms with Crippen molar-refractivity contribution >= 4 is 5.69 Å². The molecule has 0 saturated carbocycles. The van der Waals surface area contributed by atoms with Gasteiger partial charge >= 0.3 is 0 Å². The van der Waals surface area contributed by atoms with Crippen molar-refractivity contribution in [1.82, 2.24) is 0 Å². The van der Waals surface area contributed by atoms with Gasteiger partial charge < -0.3 is 10.5 Å². The highest BCUT2D eigenvalue weighted by Gasteiger charge is 2.06. The molecule has 0 heterocycles. The van der Waals surface area contributed by atoms with Gasteiger partial charge in [-0.1, -0.05) is 13.0 Å². The van der Waals surface area contributed by atoms with Crippen molar-refractivity contribution in [3.63, 3.8) is 0 Å². The molecule has 2 nitrogen and oxygen atoms in total. The molecule has 1 aromatic rings. The van der Waals surface area contributed by atoms with Gasteiger partial charge in [-0.3, -0.25) is 0 Å². The molecule has 0 aromatic heterocycles. The summed E-state index contributed by atoms with van der Waals surface area (Å²) >= 11 is 0. The number of allylic oxidation sites excluding steroid dienone is 1. The van der Waals surface area contributed by atoms with E-state index in [4.69, 9.17) is 10.5 Å². The van der Waals surface area contributed by atoms with Crippen molar-refractivity contribution in [2.75, 3.05) is 5.73 Å². The van der Waals surface area contributed by atoms with E-state index in [0.717, 1.165) is 29.8 Å². The zero-order chi connectivity index (χ0) is 11.3. The van der Waals surface area contributed by atoms with Crippen LogP contribution in [-0.2, 0) is 6.42 Å². The summed E-state index contributed by atoms with van der Waals surface area (Å²) < 4.78 is 5.80. The second kappa shape index (κ2) is 5.44. The maximum Gasteiger partial charge on any atom is 0.123 e. The van der Waals surface area contributed by atoms with Crippen LogP contribution < -0.4 is 10.5 Å². The molecule has 2 N–H and O–H groups in total. The van der Waals surface area contributed by atoms with Crippen LogP contribution in [-0.4, -0.2) is 6.10 Å². The molecular formula is C13H19NO. The third-order valence-corrected chi connectivity index (χ3v) is 2.35. The largest absolute Gasteiger partial charge is 0.490 e. The van der Waals surface area contributed by atoms with E-state index in [1.807, 2.05) is 24.3 Å². The van der Waals surface area contributed by atoms with E-state index in [1.165, 1.54) is 0 Å². The highest BCUT2D eigenvalue weighted by molar-refractivity contribution is 5.48. The number of rotatable bonds is 5. The van der Waals surface area contributed by atoms with Crippen molar-refractivity contribution in [2.45, 2.75) is 32.8 Å². The highest BCUT2D eigenvalue weighted by atomic mass is 16.5. The lowest BCUT2D eigenvalue weighted by molar-refractivity contribution is 0.215. The molecule has 1 unspecified atom stereocenters. The lowest BCUT2D eigenvalue weighted by Gasteiger charge is -2.16. The minimum Gasteiger partial charge on any atom is -0.490 e. The summed E-state index contributed by atoms with van der Waals surface area (Å²) in [5.41, 5.74) is 7.60. The molecule has 1 aromatic carbocycles. The highest BCUT2D eigenvalue weighted by Crippen LogP contribution is 2.23. The van der Waals surface area contributed by atoms with Crippen molar-refractivity contribution in [3.05, 3.63) is 36.4 Å². The summed E-state index contributed by atoms with van der Waals surface area (Å²) in [7, 11) is 0. The first-order valence-electron chi connectivity index (χ1n) is 5.33. The zero-order valence-corrected chi connectivity index (χ0v) is 9.49. The van der Waals surface area contributed by atoms with E-state index in [1.54, 1.807) is 0 Å². The molecule has 0 amide bonds. The lowest BCUT2D eigenvalue weighted by atomic mass is 10.1. The van der Waals surface area contributed by atoms with E-state index in [-0.39, 0.29) is 6.10 Å². The van der Waals surface area contributed by atoms with Crippen LogP contribution in [0.5, 0.6) is 5.75 Å². The van der Waals surface area contributed by atoms with Gasteiger partial charge in [0.1, 0.15) is 5.75 Å². The zero-order valence-electron chi connectivity index (χ0n) is 9.49. The molecule has 0 bridgehead atoms. The lowest BCUT2D eigenvalue weighted by Crippen LogP contribution is -2.11. The Balaban J connectivity index is 2.89. The average molecular weight is 205 g/mol. The molecule has 0 spiro atoms. The van der Waals surface area contributed by atoms with Crippen molar-refractivity contribution in [2.24, 2.45) is 0 Å². The van der Waals surface area contributed by atoms with E-state index in [0.29, 0.717) is 0 Å². The normalized spacial score (nSPS) is 12.1. The van der Waals surface area contributed by atoms with Gasteiger partial charge in [-0.25, -0.2) is 0 Å². The fourth-order valence-electron chi connectivity index (χ4n) is 1.33. The molecule has 0 aliphatic rings. The Bertz CT molecular complexity index is 333. The summed E-state index contributed by atoms with van der Waals surface area (Å²) in [4.78, 5) is 0. The van der Waals surface area contributed by atoms with Crippen LogP contribution in [0.3, 0.4) is 0 Å². The standard InChI is InChI=1S/C13H19NO/c1-4-6-11-9-12(14)7-8-13(11)15-10(3)5-2/h4,7-10H,1,5-6,14H2,2-3H3. The summed E-state index contributed by atoms with van der Waals surface area (Å²) in [5.74, 6) is 0.915. The van der Waals surface area contributed by atoms with Gasteiger partial charge in [0, 0.05) is 5.69 Å². The van der Waals surface area contributed by atoms with Gasteiger partial charge in [-0.2, -0.15) is 0 Å². The van der Waals surface area contributed by atoms with Crippen LogP contribution >= 0.6 is 0 Å². The SMILES string of the molecule is C=CCc1cc(N)ccc1OC(C)CC. The van der Waals surface area contributed by atoms with Crippen molar-refractivity contribution in [3.8, 4) is 5.75 Å². The topological polar surface area (TPSA) is 35.2 Å². The third kappa shape index (κ3) is 3.31. The maximum atomic E-state index is 5.80. The van der Waals surface area contributed by atoms with Gasteiger partial charge in [-0.15, -0.1) is 6.58 Å². The number of hydrogen-bond donors (Lipinski definition) is 1. The number of anilines is 1. The van der Waals surface area contributed by atoms with Crippen LogP contribution in [0.2, 0.25) is 0 Å². The monoisotopic (exact) mass is 205 g/mol. The summed E-state index contributed by atoms with van der Waals surface area (Å²) in [5, 5.41) is 0. The van der Waals surface area contributed by atoms with E-state index >= 15 is 0 Å². The molecular weight excluding hydrogens is 186 g/mol. The number of ether oxygens (including phenoxy) is 1. The van der Waals surface area contributed by atoms with Crippen molar-refractivity contribution in [1.29, 1.82) is 0 Å². The Morgan fingerprint density at radius 3 is 2.87 bits per heavy atom. The second-order valence-electron chi connectivity index (χ2n) is 3.70. The molecule has 0 aliphatic heterocycles. The summed E-state index contributed by atoms with van der Waals surface area (Å²) in [6, 6.07) is 5.74. The van der Waals surface area contributed by atoms with E-state index in [9.17, 15) is 0 Å². The molecule has 1 atom stereocenters. The Labute approximate surface area is 91.7 Å². The van der Waals surface area contributed by atoms with Gasteiger partial charge in [-0.05, 0) is 43.5 Å². The minimum atomic E-state index is 0.234. The molecule has 0 saturated heterocycles. The van der Waals surface area contributed by atoms with E-state index in [2.05, 4.69) is 20.4 Å². The molecule has 0 fully saturated rings. The Morgan fingerprint density at radius 1 is 1.53 bits per heavy atom. The van der Waals surface area contributed by atoms with Crippen LogP contribution in [0.1, 0.15) is 25.8 Å². The second-order valence-corrected chi connectivity index (χ2v) is 3.70.